The second-order valence-electron chi connectivity index (χ2n) is 7.05. The van der Waals surface area contributed by atoms with E-state index in [0.717, 1.165) is 42.9 Å². The number of anilines is 3. The van der Waals surface area contributed by atoms with Crippen molar-refractivity contribution in [3.8, 4) is 0 Å². The van der Waals surface area contributed by atoms with Crippen LogP contribution in [0.3, 0.4) is 0 Å². The van der Waals surface area contributed by atoms with E-state index in [9.17, 15) is 4.79 Å². The van der Waals surface area contributed by atoms with Gasteiger partial charge in [-0.25, -0.2) is 0 Å². The SMILES string of the molecule is CCC1CCCCN1C(=O)c1cc(Nc2ccc(N(C)C)cc2)ccn1. The Labute approximate surface area is 156 Å². The first-order valence-electron chi connectivity index (χ1n) is 9.40. The minimum absolute atomic E-state index is 0.0446. The molecule has 1 unspecified atom stereocenters. The average Bonchev–Trinajstić information content (AvgIpc) is 2.68. The number of likely N-dealkylation sites (tertiary alicyclic amines) is 1. The molecular formula is C21H28N4O. The first-order chi connectivity index (χ1) is 12.6. The lowest BCUT2D eigenvalue weighted by atomic mass is 9.99. The fourth-order valence-electron chi connectivity index (χ4n) is 3.47. The van der Waals surface area contributed by atoms with Crippen molar-refractivity contribution in [1.82, 2.24) is 9.88 Å². The molecule has 1 saturated heterocycles. The zero-order chi connectivity index (χ0) is 18.5. The van der Waals surface area contributed by atoms with Crippen molar-refractivity contribution in [3.63, 3.8) is 0 Å². The van der Waals surface area contributed by atoms with Crippen LogP contribution in [0.4, 0.5) is 17.1 Å². The molecule has 1 fully saturated rings. The summed E-state index contributed by atoms with van der Waals surface area (Å²) in [4.78, 5) is 21.3. The zero-order valence-corrected chi connectivity index (χ0v) is 15.9. The Bertz CT molecular complexity index is 742. The van der Waals surface area contributed by atoms with Crippen LogP contribution in [-0.4, -0.2) is 42.5 Å². The molecule has 1 aliphatic rings. The first kappa shape index (κ1) is 18.2. The maximum Gasteiger partial charge on any atom is 0.272 e. The van der Waals surface area contributed by atoms with Gasteiger partial charge in [-0.1, -0.05) is 6.92 Å². The number of carbonyl (C=O) groups is 1. The molecule has 0 aliphatic carbocycles. The van der Waals surface area contributed by atoms with Gasteiger partial charge in [0.1, 0.15) is 5.69 Å². The van der Waals surface area contributed by atoms with E-state index in [0.29, 0.717) is 11.7 Å². The lowest BCUT2D eigenvalue weighted by Gasteiger charge is -2.35. The maximum absolute atomic E-state index is 12.9. The molecule has 2 aromatic rings. The number of hydrogen-bond acceptors (Lipinski definition) is 4. The lowest BCUT2D eigenvalue weighted by molar-refractivity contribution is 0.0602. The van der Waals surface area contributed by atoms with Crippen molar-refractivity contribution >= 4 is 23.0 Å². The van der Waals surface area contributed by atoms with Gasteiger partial charge in [-0.15, -0.1) is 0 Å². The molecule has 1 aromatic carbocycles. The highest BCUT2D eigenvalue weighted by Gasteiger charge is 2.26. The van der Waals surface area contributed by atoms with E-state index in [1.54, 1.807) is 6.20 Å². The second-order valence-corrected chi connectivity index (χ2v) is 7.05. The summed E-state index contributed by atoms with van der Waals surface area (Å²) in [5.41, 5.74) is 3.53. The summed E-state index contributed by atoms with van der Waals surface area (Å²) in [6, 6.07) is 12.3. The third-order valence-corrected chi connectivity index (χ3v) is 5.01. The molecule has 1 atom stereocenters. The Morgan fingerprint density at radius 3 is 2.65 bits per heavy atom. The van der Waals surface area contributed by atoms with E-state index in [2.05, 4.69) is 34.3 Å². The summed E-state index contributed by atoms with van der Waals surface area (Å²) in [5, 5.41) is 3.36. The Hall–Kier alpha value is -2.56. The molecule has 1 amide bonds. The number of pyridine rings is 1. The fraction of sp³-hybridized carbons (Fsp3) is 0.429. The normalized spacial score (nSPS) is 17.0. The van der Waals surface area contributed by atoms with Crippen LogP contribution in [0.25, 0.3) is 0 Å². The van der Waals surface area contributed by atoms with Crippen LogP contribution < -0.4 is 10.2 Å². The molecule has 5 nitrogen and oxygen atoms in total. The highest BCUT2D eigenvalue weighted by atomic mass is 16.2. The van der Waals surface area contributed by atoms with Crippen molar-refractivity contribution in [2.24, 2.45) is 0 Å². The quantitative estimate of drug-likeness (QED) is 0.872. The van der Waals surface area contributed by atoms with E-state index >= 15 is 0 Å². The monoisotopic (exact) mass is 352 g/mol. The predicted octanol–water partition coefficient (Wildman–Crippen LogP) is 4.30. The molecule has 1 aromatic heterocycles. The van der Waals surface area contributed by atoms with Crippen LogP contribution in [-0.2, 0) is 0 Å². The molecule has 0 spiro atoms. The fourth-order valence-corrected chi connectivity index (χ4v) is 3.47. The topological polar surface area (TPSA) is 48.5 Å². The third-order valence-electron chi connectivity index (χ3n) is 5.01. The molecular weight excluding hydrogens is 324 g/mol. The number of hydrogen-bond donors (Lipinski definition) is 1. The van der Waals surface area contributed by atoms with E-state index < -0.39 is 0 Å². The Balaban J connectivity index is 1.74. The Morgan fingerprint density at radius 1 is 1.19 bits per heavy atom. The maximum atomic E-state index is 12.9. The van der Waals surface area contributed by atoms with Gasteiger partial charge in [-0.3, -0.25) is 9.78 Å². The number of rotatable bonds is 5. The molecule has 0 saturated carbocycles. The summed E-state index contributed by atoms with van der Waals surface area (Å²) in [5.74, 6) is 0.0446. The number of aromatic nitrogens is 1. The van der Waals surface area contributed by atoms with Crippen LogP contribution in [0, 0.1) is 0 Å². The van der Waals surface area contributed by atoms with E-state index in [-0.39, 0.29) is 5.91 Å². The number of carbonyl (C=O) groups excluding carboxylic acids is 1. The molecule has 1 aliphatic heterocycles. The predicted molar refractivity (Wildman–Crippen MR) is 107 cm³/mol. The van der Waals surface area contributed by atoms with Gasteiger partial charge in [0.15, 0.2) is 0 Å². The number of piperidine rings is 1. The van der Waals surface area contributed by atoms with Crippen LogP contribution in [0.2, 0.25) is 0 Å². The van der Waals surface area contributed by atoms with Crippen LogP contribution in [0.5, 0.6) is 0 Å². The van der Waals surface area contributed by atoms with Crippen molar-refractivity contribution in [2.45, 2.75) is 38.6 Å². The number of nitrogens with zero attached hydrogens (tertiary/aromatic N) is 3. The lowest BCUT2D eigenvalue weighted by Crippen LogP contribution is -2.43. The summed E-state index contributed by atoms with van der Waals surface area (Å²) in [6.07, 6.45) is 6.09. The van der Waals surface area contributed by atoms with E-state index in [1.807, 2.05) is 43.3 Å². The third kappa shape index (κ3) is 4.15. The first-order valence-corrected chi connectivity index (χ1v) is 9.40. The highest BCUT2D eigenvalue weighted by molar-refractivity contribution is 5.93. The molecule has 3 rings (SSSR count). The number of benzene rings is 1. The van der Waals surface area contributed by atoms with E-state index in [4.69, 9.17) is 0 Å². The van der Waals surface area contributed by atoms with Gasteiger partial charge in [0.05, 0.1) is 0 Å². The summed E-state index contributed by atoms with van der Waals surface area (Å²) >= 11 is 0. The van der Waals surface area contributed by atoms with Crippen molar-refractivity contribution < 1.29 is 4.79 Å². The molecule has 0 bridgehead atoms. The van der Waals surface area contributed by atoms with Crippen molar-refractivity contribution in [1.29, 1.82) is 0 Å². The zero-order valence-electron chi connectivity index (χ0n) is 15.9. The Kier molecular flexibility index (Phi) is 5.76. The van der Waals surface area contributed by atoms with Gasteiger partial charge >= 0.3 is 0 Å². The summed E-state index contributed by atoms with van der Waals surface area (Å²) in [7, 11) is 4.04. The van der Waals surface area contributed by atoms with Crippen LogP contribution >= 0.6 is 0 Å². The number of amides is 1. The molecule has 138 valence electrons. The average molecular weight is 352 g/mol. The van der Waals surface area contributed by atoms with Crippen LogP contribution in [0.15, 0.2) is 42.6 Å². The standard InChI is InChI=1S/C21H28N4O/c1-4-18-7-5-6-14-25(18)21(26)20-15-17(12-13-22-20)23-16-8-10-19(11-9-16)24(2)3/h8-13,15,18H,4-7,14H2,1-3H3,(H,22,23). The summed E-state index contributed by atoms with van der Waals surface area (Å²) in [6.45, 7) is 2.99. The van der Waals surface area contributed by atoms with Crippen LogP contribution in [0.1, 0.15) is 43.1 Å². The minimum atomic E-state index is 0.0446. The van der Waals surface area contributed by atoms with Gasteiger partial charge < -0.3 is 15.1 Å². The van der Waals surface area contributed by atoms with Crippen molar-refractivity contribution in [2.75, 3.05) is 30.9 Å². The van der Waals surface area contributed by atoms with Gasteiger partial charge in [-0.05, 0) is 62.1 Å². The van der Waals surface area contributed by atoms with E-state index in [1.165, 1.54) is 6.42 Å². The minimum Gasteiger partial charge on any atom is -0.378 e. The summed E-state index contributed by atoms with van der Waals surface area (Å²) < 4.78 is 0. The second kappa shape index (κ2) is 8.21. The molecule has 2 heterocycles. The number of nitrogens with one attached hydrogen (secondary N) is 1. The smallest absolute Gasteiger partial charge is 0.272 e. The van der Waals surface area contributed by atoms with Gasteiger partial charge in [-0.2, -0.15) is 0 Å². The Morgan fingerprint density at radius 2 is 1.96 bits per heavy atom. The highest BCUT2D eigenvalue weighted by Crippen LogP contribution is 2.23. The van der Waals surface area contributed by atoms with Gasteiger partial charge in [0, 0.05) is 49.9 Å². The molecule has 0 radical (unpaired) electrons. The van der Waals surface area contributed by atoms with Gasteiger partial charge in [0.25, 0.3) is 5.91 Å². The largest absolute Gasteiger partial charge is 0.378 e. The molecule has 26 heavy (non-hydrogen) atoms. The molecule has 1 N–H and O–H groups in total. The molecule has 5 heteroatoms. The van der Waals surface area contributed by atoms with Crippen molar-refractivity contribution in [3.05, 3.63) is 48.3 Å². The van der Waals surface area contributed by atoms with Gasteiger partial charge in [0.2, 0.25) is 0 Å².